The van der Waals surface area contributed by atoms with Gasteiger partial charge in [0.2, 0.25) is 0 Å². The van der Waals surface area contributed by atoms with Crippen LogP contribution in [0.25, 0.3) is 22.8 Å². The molecule has 30 heavy (non-hydrogen) atoms. The number of carbonyl (C=O) groups excluding carboxylic acids is 1. The molecule has 0 bridgehead atoms. The van der Waals surface area contributed by atoms with E-state index in [0.717, 1.165) is 0 Å². The molecule has 0 spiro atoms. The molecule has 10 heteroatoms. The summed E-state index contributed by atoms with van der Waals surface area (Å²) in [6.07, 6.45) is 1.63. The lowest BCUT2D eigenvalue weighted by molar-refractivity contribution is 0.0946. The van der Waals surface area contributed by atoms with Crippen LogP contribution < -0.4 is 11.0 Å². The summed E-state index contributed by atoms with van der Waals surface area (Å²) in [5.74, 6) is -0.266. The largest absolute Gasteiger partial charge is 0.349 e. The molecule has 1 aromatic carbocycles. The number of H-pyrrole nitrogens is 1. The maximum absolute atomic E-state index is 13.0. The molecule has 4 rings (SSSR count). The number of amides is 1. The summed E-state index contributed by atoms with van der Waals surface area (Å²) in [7, 11) is 1.62. The van der Waals surface area contributed by atoms with E-state index in [1.54, 1.807) is 43.6 Å². The number of aromatic nitrogens is 6. The van der Waals surface area contributed by atoms with Crippen molar-refractivity contribution in [2.24, 2.45) is 7.05 Å². The Bertz CT molecular complexity index is 1230. The summed E-state index contributed by atoms with van der Waals surface area (Å²) in [6, 6.07) is 12.8. The molecule has 1 amide bonds. The number of carbonyl (C=O) groups is 1. The molecule has 152 valence electrons. The number of benzene rings is 1. The first-order valence-corrected chi connectivity index (χ1v) is 9.18. The molecule has 9 nitrogen and oxygen atoms in total. The number of pyridine rings is 1. The van der Waals surface area contributed by atoms with Gasteiger partial charge in [-0.05, 0) is 42.5 Å². The molecule has 0 aliphatic heterocycles. The average molecular weight is 407 g/mol. The zero-order chi connectivity index (χ0) is 21.1. The number of hydrogen-bond donors (Lipinski definition) is 2. The quantitative estimate of drug-likeness (QED) is 0.504. The predicted molar refractivity (Wildman–Crippen MR) is 107 cm³/mol. The molecule has 0 aliphatic carbocycles. The maximum atomic E-state index is 13.0. The van der Waals surface area contributed by atoms with Crippen molar-refractivity contribution in [1.29, 1.82) is 0 Å². The van der Waals surface area contributed by atoms with Crippen LogP contribution in [0.5, 0.6) is 0 Å². The van der Waals surface area contributed by atoms with Crippen LogP contribution in [0.1, 0.15) is 10.5 Å². The minimum Gasteiger partial charge on any atom is -0.349 e. The molecule has 2 N–H and O–H groups in total. The van der Waals surface area contributed by atoms with Crippen molar-refractivity contribution in [2.45, 2.75) is 6.54 Å². The van der Waals surface area contributed by atoms with Crippen LogP contribution in [0.2, 0.25) is 0 Å². The van der Waals surface area contributed by atoms with Gasteiger partial charge in [0.05, 0.1) is 12.2 Å². The molecule has 0 unspecified atom stereocenters. The van der Waals surface area contributed by atoms with Gasteiger partial charge in [-0.3, -0.25) is 19.4 Å². The Labute approximate surface area is 170 Å². The minimum absolute atomic E-state index is 0.197. The zero-order valence-corrected chi connectivity index (χ0v) is 16.0. The van der Waals surface area contributed by atoms with E-state index in [1.807, 2.05) is 6.07 Å². The Balaban J connectivity index is 1.40. The van der Waals surface area contributed by atoms with Crippen LogP contribution in [0, 0.1) is 5.82 Å². The van der Waals surface area contributed by atoms with Crippen molar-refractivity contribution >= 4 is 5.91 Å². The topological polar surface area (TPSA) is 110 Å². The fraction of sp³-hybridized carbons (Fsp3) is 0.150. The molecule has 0 saturated heterocycles. The molecule has 0 saturated carbocycles. The van der Waals surface area contributed by atoms with E-state index in [-0.39, 0.29) is 36.2 Å². The van der Waals surface area contributed by atoms with Gasteiger partial charge >= 0.3 is 5.69 Å². The minimum atomic E-state index is -0.371. The lowest BCUT2D eigenvalue weighted by atomic mass is 10.1. The highest BCUT2D eigenvalue weighted by atomic mass is 19.1. The normalized spacial score (nSPS) is 10.9. The fourth-order valence-corrected chi connectivity index (χ4v) is 2.93. The molecule has 0 fully saturated rings. The number of nitrogens with one attached hydrogen (secondary N) is 2. The third-order valence-electron chi connectivity index (χ3n) is 4.51. The molecule has 4 aromatic rings. The molecular weight excluding hydrogens is 389 g/mol. The van der Waals surface area contributed by atoms with E-state index in [9.17, 15) is 14.0 Å². The third kappa shape index (κ3) is 3.88. The van der Waals surface area contributed by atoms with E-state index in [2.05, 4.69) is 25.6 Å². The SMILES string of the molecule is Cn1c(-c2ccccn2)nn(CCNC(=O)c2cc(-c3ccc(F)cc3)n[nH]2)c1=O. The van der Waals surface area contributed by atoms with Crippen molar-refractivity contribution in [2.75, 3.05) is 6.54 Å². The predicted octanol–water partition coefficient (Wildman–Crippen LogP) is 1.60. The van der Waals surface area contributed by atoms with E-state index in [1.165, 1.54) is 21.4 Å². The Kier molecular flexibility index (Phi) is 5.21. The lowest BCUT2D eigenvalue weighted by Gasteiger charge is -2.02. The van der Waals surface area contributed by atoms with Crippen LogP contribution in [0.4, 0.5) is 4.39 Å². The number of nitrogens with zero attached hydrogens (tertiary/aromatic N) is 5. The van der Waals surface area contributed by atoms with Crippen molar-refractivity contribution in [1.82, 2.24) is 34.8 Å². The zero-order valence-electron chi connectivity index (χ0n) is 16.0. The van der Waals surface area contributed by atoms with Gasteiger partial charge in [0.25, 0.3) is 5.91 Å². The van der Waals surface area contributed by atoms with Gasteiger partial charge in [-0.15, -0.1) is 5.10 Å². The highest BCUT2D eigenvalue weighted by molar-refractivity contribution is 5.93. The van der Waals surface area contributed by atoms with Gasteiger partial charge < -0.3 is 5.32 Å². The Morgan fingerprint density at radius 1 is 1.17 bits per heavy atom. The van der Waals surface area contributed by atoms with Crippen LogP contribution in [0.15, 0.2) is 59.5 Å². The second-order valence-corrected chi connectivity index (χ2v) is 6.53. The molecule has 3 aromatic heterocycles. The van der Waals surface area contributed by atoms with Crippen LogP contribution in [-0.4, -0.2) is 42.0 Å². The summed E-state index contributed by atoms with van der Waals surface area (Å²) in [6.45, 7) is 0.395. The van der Waals surface area contributed by atoms with Crippen molar-refractivity contribution in [3.63, 3.8) is 0 Å². The second kappa shape index (κ2) is 8.11. The molecule has 0 aliphatic rings. The van der Waals surface area contributed by atoms with Crippen LogP contribution in [0.3, 0.4) is 0 Å². The van der Waals surface area contributed by atoms with Crippen LogP contribution in [-0.2, 0) is 13.6 Å². The maximum Gasteiger partial charge on any atom is 0.346 e. The second-order valence-electron chi connectivity index (χ2n) is 6.53. The summed E-state index contributed by atoms with van der Waals surface area (Å²) in [4.78, 5) is 28.9. The average Bonchev–Trinajstić information content (AvgIpc) is 3.36. The van der Waals surface area contributed by atoms with Gasteiger partial charge in [0, 0.05) is 25.4 Å². The number of rotatable bonds is 6. The van der Waals surface area contributed by atoms with Gasteiger partial charge in [-0.1, -0.05) is 6.07 Å². The highest BCUT2D eigenvalue weighted by Gasteiger charge is 2.14. The standard InChI is InChI=1S/C20H18FN7O2/c1-27-18(15-4-2-3-9-22-15)26-28(20(27)30)11-10-23-19(29)17-12-16(24-25-17)13-5-7-14(21)8-6-13/h2-9,12H,10-11H2,1H3,(H,23,29)(H,24,25). The van der Waals surface area contributed by atoms with Crippen molar-refractivity contribution in [3.8, 4) is 22.8 Å². The van der Waals surface area contributed by atoms with Gasteiger partial charge in [-0.2, -0.15) is 5.10 Å². The molecule has 0 radical (unpaired) electrons. The number of aromatic amines is 1. The Hall–Kier alpha value is -4.08. The van der Waals surface area contributed by atoms with E-state index >= 15 is 0 Å². The van der Waals surface area contributed by atoms with Crippen LogP contribution >= 0.6 is 0 Å². The summed E-state index contributed by atoms with van der Waals surface area (Å²) in [5, 5.41) is 13.8. The van der Waals surface area contributed by atoms with E-state index in [0.29, 0.717) is 22.8 Å². The third-order valence-corrected chi connectivity index (χ3v) is 4.51. The fourth-order valence-electron chi connectivity index (χ4n) is 2.93. The van der Waals surface area contributed by atoms with E-state index in [4.69, 9.17) is 0 Å². The van der Waals surface area contributed by atoms with Crippen molar-refractivity contribution < 1.29 is 9.18 Å². The number of halogens is 1. The van der Waals surface area contributed by atoms with E-state index < -0.39 is 0 Å². The number of hydrogen-bond acceptors (Lipinski definition) is 5. The first kappa shape index (κ1) is 19.2. The first-order chi connectivity index (χ1) is 14.5. The van der Waals surface area contributed by atoms with Gasteiger partial charge in [0.1, 0.15) is 17.2 Å². The van der Waals surface area contributed by atoms with Gasteiger partial charge in [-0.25, -0.2) is 13.9 Å². The smallest absolute Gasteiger partial charge is 0.346 e. The summed E-state index contributed by atoms with van der Waals surface area (Å²) in [5.41, 5.74) is 1.77. The Morgan fingerprint density at radius 2 is 1.97 bits per heavy atom. The first-order valence-electron chi connectivity index (χ1n) is 9.18. The highest BCUT2D eigenvalue weighted by Crippen LogP contribution is 2.18. The molecule has 0 atom stereocenters. The lowest BCUT2D eigenvalue weighted by Crippen LogP contribution is -2.31. The summed E-state index contributed by atoms with van der Waals surface area (Å²) < 4.78 is 15.7. The van der Waals surface area contributed by atoms with Crippen molar-refractivity contribution in [3.05, 3.63) is 76.7 Å². The monoisotopic (exact) mass is 407 g/mol. The molecular formula is C20H18FN7O2. The Morgan fingerprint density at radius 3 is 2.70 bits per heavy atom. The molecule has 3 heterocycles. The van der Waals surface area contributed by atoms with Gasteiger partial charge in [0.15, 0.2) is 5.82 Å². The summed E-state index contributed by atoms with van der Waals surface area (Å²) >= 11 is 0.